The van der Waals surface area contributed by atoms with Crippen molar-refractivity contribution in [2.75, 3.05) is 0 Å². The number of rotatable bonds is 3. The van der Waals surface area contributed by atoms with Gasteiger partial charge >= 0.3 is 0 Å². The summed E-state index contributed by atoms with van der Waals surface area (Å²) in [6.07, 6.45) is 0. The maximum Gasteiger partial charge on any atom is 0.0893 e. The fourth-order valence-electron chi connectivity index (χ4n) is 0.955. The quantitative estimate of drug-likeness (QED) is 0.420. The fourth-order valence-corrected chi connectivity index (χ4v) is 0.955. The monoisotopic (exact) mass is 165 g/mol. The van der Waals surface area contributed by atoms with E-state index in [-0.39, 0.29) is 6.04 Å². The molecule has 1 aromatic rings. The number of hydrogen-bond donors (Lipinski definition) is 1. The van der Waals surface area contributed by atoms with E-state index in [0.29, 0.717) is 0 Å². The number of nitroso groups, excluding NO2 is 1. The second-order valence-electron chi connectivity index (χ2n) is 2.55. The average Bonchev–Trinajstić information content (AvgIpc) is 2.17. The molecule has 0 spiro atoms. The number of benzene rings is 1. The highest BCUT2D eigenvalue weighted by atomic mass is 16.3. The van der Waals surface area contributed by atoms with Crippen molar-refractivity contribution in [2.24, 2.45) is 11.1 Å². The molecule has 4 heteroatoms. The molecule has 0 aliphatic rings. The Morgan fingerprint density at radius 2 is 2.00 bits per heavy atom. The van der Waals surface area contributed by atoms with Gasteiger partial charge in [-0.25, -0.2) is 5.84 Å². The Hall–Kier alpha value is -1.42. The SMILES string of the molecule is CC(c1ccccc1)N(N)N=O. The average molecular weight is 165 g/mol. The van der Waals surface area contributed by atoms with Crippen LogP contribution in [0.5, 0.6) is 0 Å². The van der Waals surface area contributed by atoms with Crippen LogP contribution in [0.25, 0.3) is 0 Å². The molecule has 12 heavy (non-hydrogen) atoms. The zero-order chi connectivity index (χ0) is 8.97. The van der Waals surface area contributed by atoms with Crippen molar-refractivity contribution in [3.05, 3.63) is 40.8 Å². The van der Waals surface area contributed by atoms with Gasteiger partial charge in [0.2, 0.25) is 0 Å². The molecule has 1 atom stereocenters. The molecule has 64 valence electrons. The Balaban J connectivity index is 2.78. The maximum atomic E-state index is 10.1. The molecule has 1 rings (SSSR count). The number of hydrogen-bond acceptors (Lipinski definition) is 3. The van der Waals surface area contributed by atoms with Crippen LogP contribution in [-0.2, 0) is 0 Å². The van der Waals surface area contributed by atoms with Crippen LogP contribution in [0.1, 0.15) is 18.5 Å². The third kappa shape index (κ3) is 1.79. The summed E-state index contributed by atoms with van der Waals surface area (Å²) in [5, 5.41) is 3.52. The van der Waals surface area contributed by atoms with Crippen molar-refractivity contribution in [3.8, 4) is 0 Å². The van der Waals surface area contributed by atoms with Gasteiger partial charge in [0.05, 0.1) is 11.3 Å². The van der Waals surface area contributed by atoms with E-state index < -0.39 is 0 Å². The third-order valence-electron chi connectivity index (χ3n) is 1.77. The first-order chi connectivity index (χ1) is 5.75. The molecular weight excluding hydrogens is 154 g/mol. The molecule has 4 nitrogen and oxygen atoms in total. The second kappa shape index (κ2) is 3.82. The fraction of sp³-hybridized carbons (Fsp3) is 0.250. The van der Waals surface area contributed by atoms with E-state index in [2.05, 4.69) is 5.29 Å². The molecule has 1 unspecified atom stereocenters. The molecule has 0 saturated carbocycles. The van der Waals surface area contributed by atoms with E-state index >= 15 is 0 Å². The molecule has 0 radical (unpaired) electrons. The summed E-state index contributed by atoms with van der Waals surface area (Å²) in [7, 11) is 0. The van der Waals surface area contributed by atoms with Gasteiger partial charge in [0.15, 0.2) is 0 Å². The molecule has 0 fully saturated rings. The van der Waals surface area contributed by atoms with E-state index in [9.17, 15) is 4.91 Å². The highest BCUT2D eigenvalue weighted by Gasteiger charge is 2.09. The van der Waals surface area contributed by atoms with Gasteiger partial charge in [0, 0.05) is 0 Å². The molecule has 0 amide bonds. The predicted molar refractivity (Wildman–Crippen MR) is 46.7 cm³/mol. The van der Waals surface area contributed by atoms with Crippen LogP contribution >= 0.6 is 0 Å². The minimum absolute atomic E-state index is 0.177. The number of hydrazine groups is 1. The maximum absolute atomic E-state index is 10.1. The van der Waals surface area contributed by atoms with Gasteiger partial charge < -0.3 is 0 Å². The van der Waals surface area contributed by atoms with Gasteiger partial charge in [-0.15, -0.1) is 4.91 Å². The molecule has 2 N–H and O–H groups in total. The van der Waals surface area contributed by atoms with Gasteiger partial charge in [0.1, 0.15) is 0 Å². The minimum Gasteiger partial charge on any atom is -0.228 e. The van der Waals surface area contributed by atoms with Gasteiger partial charge in [-0.05, 0) is 12.5 Å². The molecule has 0 aliphatic heterocycles. The van der Waals surface area contributed by atoms with Crippen molar-refractivity contribution in [2.45, 2.75) is 13.0 Å². The Morgan fingerprint density at radius 3 is 2.50 bits per heavy atom. The molecular formula is C8H11N3O. The highest BCUT2D eigenvalue weighted by molar-refractivity contribution is 5.17. The summed E-state index contributed by atoms with van der Waals surface area (Å²) in [6.45, 7) is 1.82. The topological polar surface area (TPSA) is 58.7 Å². The second-order valence-corrected chi connectivity index (χ2v) is 2.55. The minimum atomic E-state index is -0.177. The first-order valence-electron chi connectivity index (χ1n) is 3.68. The lowest BCUT2D eigenvalue weighted by molar-refractivity contribution is 0.223. The smallest absolute Gasteiger partial charge is 0.0893 e. The molecule has 0 bridgehead atoms. The van der Waals surface area contributed by atoms with Crippen LogP contribution in [0, 0.1) is 4.91 Å². The Kier molecular flexibility index (Phi) is 2.76. The van der Waals surface area contributed by atoms with E-state index in [1.807, 2.05) is 37.3 Å². The Labute approximate surface area is 70.9 Å². The van der Waals surface area contributed by atoms with Gasteiger partial charge in [-0.2, -0.15) is 5.12 Å². The lowest BCUT2D eigenvalue weighted by Gasteiger charge is -2.17. The number of nitrogens with two attached hydrogens (primary N) is 1. The van der Waals surface area contributed by atoms with Crippen molar-refractivity contribution in [1.82, 2.24) is 5.12 Å². The van der Waals surface area contributed by atoms with E-state index in [4.69, 9.17) is 5.84 Å². The highest BCUT2D eigenvalue weighted by Crippen LogP contribution is 2.16. The van der Waals surface area contributed by atoms with Crippen molar-refractivity contribution in [1.29, 1.82) is 0 Å². The van der Waals surface area contributed by atoms with Crippen molar-refractivity contribution < 1.29 is 0 Å². The number of nitrogens with zero attached hydrogens (tertiary/aromatic N) is 2. The molecule has 0 aliphatic carbocycles. The first kappa shape index (κ1) is 8.67. The normalized spacial score (nSPS) is 12.2. The van der Waals surface area contributed by atoms with Crippen LogP contribution in [0.3, 0.4) is 0 Å². The summed E-state index contributed by atoms with van der Waals surface area (Å²) in [4.78, 5) is 10.1. The molecule has 0 saturated heterocycles. The third-order valence-corrected chi connectivity index (χ3v) is 1.77. The Bertz CT molecular complexity index is 250. The van der Waals surface area contributed by atoms with Crippen LogP contribution in [0.4, 0.5) is 0 Å². The lowest BCUT2D eigenvalue weighted by atomic mass is 10.1. The molecule has 0 heterocycles. The van der Waals surface area contributed by atoms with Crippen molar-refractivity contribution >= 4 is 0 Å². The van der Waals surface area contributed by atoms with E-state index in [1.165, 1.54) is 0 Å². The van der Waals surface area contributed by atoms with Crippen LogP contribution < -0.4 is 5.84 Å². The summed E-state index contributed by atoms with van der Waals surface area (Å²) in [6, 6.07) is 9.31. The largest absolute Gasteiger partial charge is 0.228 e. The zero-order valence-corrected chi connectivity index (χ0v) is 6.84. The van der Waals surface area contributed by atoms with Gasteiger partial charge in [0.25, 0.3) is 0 Å². The van der Waals surface area contributed by atoms with Crippen LogP contribution in [0.2, 0.25) is 0 Å². The van der Waals surface area contributed by atoms with E-state index in [1.54, 1.807) is 0 Å². The molecule has 0 aromatic heterocycles. The van der Waals surface area contributed by atoms with Gasteiger partial charge in [-0.1, -0.05) is 30.3 Å². The van der Waals surface area contributed by atoms with Crippen LogP contribution in [0.15, 0.2) is 35.6 Å². The summed E-state index contributed by atoms with van der Waals surface area (Å²) >= 11 is 0. The first-order valence-corrected chi connectivity index (χ1v) is 3.68. The van der Waals surface area contributed by atoms with Crippen LogP contribution in [-0.4, -0.2) is 5.12 Å². The van der Waals surface area contributed by atoms with Crippen molar-refractivity contribution in [3.63, 3.8) is 0 Å². The summed E-state index contributed by atoms with van der Waals surface area (Å²) < 4.78 is 0. The molecule has 1 aromatic carbocycles. The summed E-state index contributed by atoms with van der Waals surface area (Å²) in [5.41, 5.74) is 0.972. The lowest BCUT2D eigenvalue weighted by Crippen LogP contribution is -2.27. The van der Waals surface area contributed by atoms with Gasteiger partial charge in [-0.3, -0.25) is 0 Å². The van der Waals surface area contributed by atoms with E-state index in [0.717, 1.165) is 10.7 Å². The standard InChI is InChI=1S/C8H11N3O/c1-7(11(9)10-12)8-5-3-2-4-6-8/h2-7H,9H2,1H3. The zero-order valence-electron chi connectivity index (χ0n) is 6.84. The predicted octanol–water partition coefficient (Wildman–Crippen LogP) is 1.60. The summed E-state index contributed by atoms with van der Waals surface area (Å²) in [5.74, 6) is 5.30. The Morgan fingerprint density at radius 1 is 1.42 bits per heavy atom.